The Bertz CT molecular complexity index is 649. The fourth-order valence-corrected chi connectivity index (χ4v) is 3.10. The van der Waals surface area contributed by atoms with Crippen molar-refractivity contribution in [3.05, 3.63) is 30.9 Å². The van der Waals surface area contributed by atoms with Crippen LogP contribution in [0.3, 0.4) is 0 Å². The van der Waals surface area contributed by atoms with Crippen molar-refractivity contribution in [3.63, 3.8) is 0 Å². The lowest BCUT2D eigenvalue weighted by Crippen LogP contribution is -2.35. The summed E-state index contributed by atoms with van der Waals surface area (Å²) in [5.74, 6) is 0. The number of hydrogen-bond acceptors (Lipinski definition) is 5. The second kappa shape index (κ2) is 6.83. The number of aryl methyl sites for hydroxylation is 1. The van der Waals surface area contributed by atoms with Gasteiger partial charge in [0, 0.05) is 31.2 Å². The van der Waals surface area contributed by atoms with E-state index in [4.69, 9.17) is 5.73 Å². The van der Waals surface area contributed by atoms with Crippen molar-refractivity contribution in [3.8, 4) is 0 Å². The smallest absolute Gasteiger partial charge is 0.243 e. The van der Waals surface area contributed by atoms with Crippen LogP contribution in [0, 0.1) is 0 Å². The number of sulfonamides is 1. The summed E-state index contributed by atoms with van der Waals surface area (Å²) >= 11 is 0. The first-order chi connectivity index (χ1) is 10.0. The Hall–Kier alpha value is -1.71. The van der Waals surface area contributed by atoms with Crippen LogP contribution in [0.5, 0.6) is 0 Å². The van der Waals surface area contributed by atoms with E-state index in [-0.39, 0.29) is 10.9 Å². The van der Waals surface area contributed by atoms with E-state index in [0.717, 1.165) is 6.42 Å². The molecule has 0 aliphatic carbocycles. The first-order valence-electron chi connectivity index (χ1n) is 6.73. The van der Waals surface area contributed by atoms with E-state index >= 15 is 0 Å². The minimum absolute atomic E-state index is 0.159. The van der Waals surface area contributed by atoms with E-state index in [1.165, 1.54) is 12.4 Å². The zero-order chi connectivity index (χ0) is 15.3. The van der Waals surface area contributed by atoms with Gasteiger partial charge in [-0.05, 0) is 26.0 Å². The molecule has 2 rings (SSSR count). The summed E-state index contributed by atoms with van der Waals surface area (Å²) in [5, 5.41) is 8.08. The zero-order valence-electron chi connectivity index (χ0n) is 11.9. The van der Waals surface area contributed by atoms with Gasteiger partial charge in [-0.3, -0.25) is 9.36 Å². The monoisotopic (exact) mass is 312 g/mol. The van der Waals surface area contributed by atoms with Gasteiger partial charge >= 0.3 is 0 Å². The molecule has 0 saturated carbocycles. The maximum absolute atomic E-state index is 12.2. The Morgan fingerprint density at radius 1 is 1.38 bits per heavy atom. The molecule has 2 heterocycles. The van der Waals surface area contributed by atoms with Crippen molar-refractivity contribution < 1.29 is 8.42 Å². The van der Waals surface area contributed by atoms with Crippen LogP contribution in [-0.4, -0.2) is 40.6 Å². The average Bonchev–Trinajstić information content (AvgIpc) is 3.06. The summed E-state index contributed by atoms with van der Waals surface area (Å²) in [4.78, 5) is 0.159. The minimum Gasteiger partial charge on any atom is -0.330 e. The molecule has 0 fully saturated rings. The fourth-order valence-electron chi connectivity index (χ4n) is 1.92. The molecule has 2 aromatic heterocycles. The molecule has 116 valence electrons. The predicted octanol–water partition coefficient (Wildman–Crippen LogP) is -0.205. The molecule has 0 bridgehead atoms. The lowest BCUT2D eigenvalue weighted by atomic mass is 10.4. The molecule has 3 N–H and O–H groups in total. The molecule has 1 unspecified atom stereocenters. The molecule has 0 amide bonds. The van der Waals surface area contributed by atoms with Crippen LogP contribution in [0.25, 0.3) is 0 Å². The number of nitrogens with two attached hydrogens (primary N) is 1. The van der Waals surface area contributed by atoms with Crippen LogP contribution >= 0.6 is 0 Å². The highest BCUT2D eigenvalue weighted by Crippen LogP contribution is 2.08. The fraction of sp³-hybridized carbons (Fsp3) is 0.500. The number of aromatic nitrogens is 4. The second-order valence-electron chi connectivity index (χ2n) is 4.83. The predicted molar refractivity (Wildman–Crippen MR) is 77.9 cm³/mol. The Morgan fingerprint density at radius 2 is 2.19 bits per heavy atom. The molecule has 0 radical (unpaired) electrons. The molecule has 0 spiro atoms. The maximum Gasteiger partial charge on any atom is 0.243 e. The molecule has 8 nitrogen and oxygen atoms in total. The van der Waals surface area contributed by atoms with Crippen molar-refractivity contribution in [2.24, 2.45) is 5.73 Å². The SMILES string of the molecule is CC(Cn1cccn1)NS(=O)(=O)c1cnn(CCCN)c1. The van der Waals surface area contributed by atoms with Gasteiger partial charge in [0.1, 0.15) is 4.90 Å². The number of hydrogen-bond donors (Lipinski definition) is 2. The van der Waals surface area contributed by atoms with Crippen LogP contribution in [0.2, 0.25) is 0 Å². The maximum atomic E-state index is 12.2. The number of nitrogens with one attached hydrogen (secondary N) is 1. The van der Waals surface area contributed by atoms with Crippen molar-refractivity contribution in [2.45, 2.75) is 37.4 Å². The largest absolute Gasteiger partial charge is 0.330 e. The van der Waals surface area contributed by atoms with Gasteiger partial charge in [-0.25, -0.2) is 13.1 Å². The Balaban J connectivity index is 1.98. The van der Waals surface area contributed by atoms with Crippen molar-refractivity contribution in [2.75, 3.05) is 6.54 Å². The van der Waals surface area contributed by atoms with Gasteiger partial charge in [0.15, 0.2) is 0 Å². The highest BCUT2D eigenvalue weighted by Gasteiger charge is 2.19. The quantitative estimate of drug-likeness (QED) is 0.701. The van der Waals surface area contributed by atoms with Crippen LogP contribution in [0.1, 0.15) is 13.3 Å². The average molecular weight is 312 g/mol. The first kappa shape index (κ1) is 15.7. The summed E-state index contributed by atoms with van der Waals surface area (Å²) in [5.41, 5.74) is 5.42. The van der Waals surface area contributed by atoms with Gasteiger partial charge < -0.3 is 5.73 Å². The van der Waals surface area contributed by atoms with E-state index in [0.29, 0.717) is 19.6 Å². The number of rotatable bonds is 8. The van der Waals surface area contributed by atoms with Crippen molar-refractivity contribution in [1.29, 1.82) is 0 Å². The molecule has 2 aromatic rings. The zero-order valence-corrected chi connectivity index (χ0v) is 12.7. The van der Waals surface area contributed by atoms with E-state index in [2.05, 4.69) is 14.9 Å². The Labute approximate surface area is 124 Å². The molecular formula is C12H20N6O2S. The molecule has 0 aliphatic heterocycles. The molecule has 9 heteroatoms. The third-order valence-electron chi connectivity index (χ3n) is 2.89. The van der Waals surface area contributed by atoms with Gasteiger partial charge in [-0.1, -0.05) is 0 Å². The third kappa shape index (κ3) is 4.38. The van der Waals surface area contributed by atoms with Gasteiger partial charge in [0.2, 0.25) is 10.0 Å². The molecule has 0 aromatic carbocycles. The van der Waals surface area contributed by atoms with E-state index in [9.17, 15) is 8.42 Å². The molecular weight excluding hydrogens is 292 g/mol. The van der Waals surface area contributed by atoms with E-state index < -0.39 is 10.0 Å². The van der Waals surface area contributed by atoms with E-state index in [1.807, 2.05) is 0 Å². The standard InChI is InChI=1S/C12H20N6O2S/c1-11(9-17-7-3-5-14-17)16-21(19,20)12-8-15-18(10-12)6-2-4-13/h3,5,7-8,10-11,16H,2,4,6,9,13H2,1H3. The van der Waals surface area contributed by atoms with Gasteiger partial charge in [-0.2, -0.15) is 10.2 Å². The summed E-state index contributed by atoms with van der Waals surface area (Å²) in [6, 6.07) is 1.52. The third-order valence-corrected chi connectivity index (χ3v) is 4.43. The number of nitrogens with zero attached hydrogens (tertiary/aromatic N) is 4. The van der Waals surface area contributed by atoms with Crippen LogP contribution in [0.4, 0.5) is 0 Å². The Kier molecular flexibility index (Phi) is 5.10. The first-order valence-corrected chi connectivity index (χ1v) is 8.22. The normalized spacial score (nSPS) is 13.4. The van der Waals surface area contributed by atoms with Crippen LogP contribution in [-0.2, 0) is 23.1 Å². The summed E-state index contributed by atoms with van der Waals surface area (Å²) in [6.45, 7) is 3.40. The summed E-state index contributed by atoms with van der Waals surface area (Å²) < 4.78 is 30.4. The second-order valence-corrected chi connectivity index (χ2v) is 6.55. The molecule has 1 atom stereocenters. The molecule has 21 heavy (non-hydrogen) atoms. The molecule has 0 aliphatic rings. The van der Waals surface area contributed by atoms with E-state index in [1.54, 1.807) is 34.7 Å². The van der Waals surface area contributed by atoms with Gasteiger partial charge in [0.05, 0.1) is 12.7 Å². The van der Waals surface area contributed by atoms with Crippen LogP contribution in [0.15, 0.2) is 35.7 Å². The topological polar surface area (TPSA) is 108 Å². The molecule has 0 saturated heterocycles. The summed E-state index contributed by atoms with van der Waals surface area (Å²) in [6.07, 6.45) is 7.06. The Morgan fingerprint density at radius 3 is 2.86 bits per heavy atom. The lowest BCUT2D eigenvalue weighted by Gasteiger charge is -2.13. The minimum atomic E-state index is -3.57. The highest BCUT2D eigenvalue weighted by atomic mass is 32.2. The van der Waals surface area contributed by atoms with Gasteiger partial charge in [-0.15, -0.1) is 0 Å². The summed E-state index contributed by atoms with van der Waals surface area (Å²) in [7, 11) is -3.57. The van der Waals surface area contributed by atoms with Crippen molar-refractivity contribution in [1.82, 2.24) is 24.3 Å². The highest BCUT2D eigenvalue weighted by molar-refractivity contribution is 7.89. The van der Waals surface area contributed by atoms with Crippen LogP contribution < -0.4 is 10.5 Å². The van der Waals surface area contributed by atoms with Crippen molar-refractivity contribution >= 4 is 10.0 Å². The van der Waals surface area contributed by atoms with Gasteiger partial charge in [0.25, 0.3) is 0 Å². The lowest BCUT2D eigenvalue weighted by molar-refractivity contribution is 0.494.